The molecule has 5 heteroatoms. The molecular formula is C16H20N4O. The lowest BCUT2D eigenvalue weighted by Crippen LogP contribution is -2.38. The number of carbonyl (C=O) groups excluding carboxylic acids is 1. The van der Waals surface area contributed by atoms with Crippen molar-refractivity contribution in [1.29, 1.82) is 0 Å². The van der Waals surface area contributed by atoms with E-state index in [0.29, 0.717) is 12.1 Å². The van der Waals surface area contributed by atoms with Crippen molar-refractivity contribution in [2.24, 2.45) is 12.8 Å². The van der Waals surface area contributed by atoms with Gasteiger partial charge in [0.25, 0.3) is 5.91 Å². The molecule has 0 fully saturated rings. The van der Waals surface area contributed by atoms with E-state index in [1.54, 1.807) is 4.68 Å². The van der Waals surface area contributed by atoms with Gasteiger partial charge in [0.1, 0.15) is 0 Å². The predicted octanol–water partition coefficient (Wildman–Crippen LogP) is 2.09. The average Bonchev–Trinajstić information content (AvgIpc) is 2.72. The fraction of sp³-hybridized carbons (Fsp3) is 0.375. The highest BCUT2D eigenvalue weighted by molar-refractivity contribution is 6.08. The van der Waals surface area contributed by atoms with E-state index < -0.39 is 0 Å². The van der Waals surface area contributed by atoms with Crippen LogP contribution in [0.25, 0.3) is 0 Å². The number of para-hydroxylation sites is 1. The van der Waals surface area contributed by atoms with Crippen LogP contribution < -0.4 is 10.6 Å². The molecule has 2 N–H and O–H groups in total. The molecule has 1 aliphatic heterocycles. The Morgan fingerprint density at radius 3 is 2.71 bits per heavy atom. The zero-order chi connectivity index (χ0) is 15.1. The SMILES string of the molecule is Cc1nn(C)c(C)c1C(=O)N1CCC(N)c2ccccc21. The molecular weight excluding hydrogens is 264 g/mol. The molecule has 0 aliphatic carbocycles. The Kier molecular flexibility index (Phi) is 3.29. The van der Waals surface area contributed by atoms with Crippen molar-refractivity contribution in [3.63, 3.8) is 0 Å². The second-order valence-corrected chi connectivity index (χ2v) is 5.58. The molecule has 1 unspecified atom stereocenters. The second kappa shape index (κ2) is 5.00. The molecule has 0 spiro atoms. The van der Waals surface area contributed by atoms with Gasteiger partial charge in [-0.05, 0) is 31.9 Å². The summed E-state index contributed by atoms with van der Waals surface area (Å²) in [4.78, 5) is 14.8. The van der Waals surface area contributed by atoms with E-state index in [1.807, 2.05) is 50.1 Å². The van der Waals surface area contributed by atoms with Gasteiger partial charge in [-0.1, -0.05) is 18.2 Å². The number of anilines is 1. The summed E-state index contributed by atoms with van der Waals surface area (Å²) in [6.07, 6.45) is 0.779. The summed E-state index contributed by atoms with van der Waals surface area (Å²) < 4.78 is 1.75. The van der Waals surface area contributed by atoms with Gasteiger partial charge in [-0.15, -0.1) is 0 Å². The maximum atomic E-state index is 13.0. The van der Waals surface area contributed by atoms with E-state index in [0.717, 1.165) is 29.1 Å². The van der Waals surface area contributed by atoms with Crippen LogP contribution >= 0.6 is 0 Å². The van der Waals surface area contributed by atoms with Crippen LogP contribution in [-0.2, 0) is 7.05 Å². The van der Waals surface area contributed by atoms with E-state index in [9.17, 15) is 4.79 Å². The van der Waals surface area contributed by atoms with Gasteiger partial charge in [-0.2, -0.15) is 5.10 Å². The highest BCUT2D eigenvalue weighted by Crippen LogP contribution is 2.33. The number of nitrogens with zero attached hydrogens (tertiary/aromatic N) is 3. The summed E-state index contributed by atoms with van der Waals surface area (Å²) in [7, 11) is 1.86. The summed E-state index contributed by atoms with van der Waals surface area (Å²) in [5.41, 5.74) is 10.5. The summed E-state index contributed by atoms with van der Waals surface area (Å²) in [5.74, 6) is 0.0115. The van der Waals surface area contributed by atoms with Crippen LogP contribution in [0.3, 0.4) is 0 Å². The Hall–Kier alpha value is -2.14. The van der Waals surface area contributed by atoms with Gasteiger partial charge in [0.2, 0.25) is 0 Å². The van der Waals surface area contributed by atoms with Crippen LogP contribution in [0.1, 0.15) is 39.8 Å². The maximum absolute atomic E-state index is 13.0. The fourth-order valence-corrected chi connectivity index (χ4v) is 3.02. The van der Waals surface area contributed by atoms with Gasteiger partial charge >= 0.3 is 0 Å². The molecule has 3 rings (SSSR count). The summed E-state index contributed by atoms with van der Waals surface area (Å²) in [6.45, 7) is 4.45. The van der Waals surface area contributed by atoms with E-state index in [4.69, 9.17) is 5.73 Å². The number of nitrogens with two attached hydrogens (primary N) is 1. The number of aromatic nitrogens is 2. The van der Waals surface area contributed by atoms with Crippen molar-refractivity contribution in [2.75, 3.05) is 11.4 Å². The molecule has 21 heavy (non-hydrogen) atoms. The lowest BCUT2D eigenvalue weighted by molar-refractivity contribution is 0.0983. The van der Waals surface area contributed by atoms with Crippen LogP contribution in [0.2, 0.25) is 0 Å². The summed E-state index contributed by atoms with van der Waals surface area (Å²) >= 11 is 0. The van der Waals surface area contributed by atoms with Crippen molar-refractivity contribution >= 4 is 11.6 Å². The first-order chi connectivity index (χ1) is 10.0. The molecule has 1 aromatic carbocycles. The van der Waals surface area contributed by atoms with Crippen LogP contribution in [0, 0.1) is 13.8 Å². The molecule has 5 nitrogen and oxygen atoms in total. The molecule has 0 radical (unpaired) electrons. The monoisotopic (exact) mass is 284 g/mol. The van der Waals surface area contributed by atoms with E-state index in [-0.39, 0.29) is 11.9 Å². The van der Waals surface area contributed by atoms with Crippen molar-refractivity contribution in [2.45, 2.75) is 26.3 Å². The molecule has 1 aliphatic rings. The number of rotatable bonds is 1. The van der Waals surface area contributed by atoms with Crippen LogP contribution in [0.5, 0.6) is 0 Å². The number of hydrogen-bond acceptors (Lipinski definition) is 3. The third-order valence-corrected chi connectivity index (χ3v) is 4.26. The number of amides is 1. The first-order valence-corrected chi connectivity index (χ1v) is 7.17. The van der Waals surface area contributed by atoms with Crippen molar-refractivity contribution in [3.05, 3.63) is 46.8 Å². The van der Waals surface area contributed by atoms with Crippen molar-refractivity contribution in [3.8, 4) is 0 Å². The number of aryl methyl sites for hydroxylation is 2. The molecule has 110 valence electrons. The summed E-state index contributed by atoms with van der Waals surface area (Å²) in [5, 5.41) is 4.34. The van der Waals surface area contributed by atoms with E-state index >= 15 is 0 Å². The number of hydrogen-bond donors (Lipinski definition) is 1. The minimum Gasteiger partial charge on any atom is -0.324 e. The Balaban J connectivity index is 2.05. The highest BCUT2D eigenvalue weighted by Gasteiger charge is 2.29. The summed E-state index contributed by atoms with van der Waals surface area (Å²) in [6, 6.07) is 7.88. The van der Waals surface area contributed by atoms with Crippen LogP contribution in [0.15, 0.2) is 24.3 Å². The molecule has 2 aromatic rings. The standard InChI is InChI=1S/C16H20N4O/c1-10-15(11(2)19(3)18-10)16(21)20-9-8-13(17)12-6-4-5-7-14(12)20/h4-7,13H,8-9,17H2,1-3H3. The lowest BCUT2D eigenvalue weighted by atomic mass is 9.96. The molecule has 0 saturated heterocycles. The third kappa shape index (κ3) is 2.14. The molecule has 1 atom stereocenters. The van der Waals surface area contributed by atoms with Gasteiger partial charge in [-0.25, -0.2) is 0 Å². The smallest absolute Gasteiger partial charge is 0.262 e. The van der Waals surface area contributed by atoms with Gasteiger partial charge in [0, 0.05) is 31.0 Å². The lowest BCUT2D eigenvalue weighted by Gasteiger charge is -2.32. The Labute approximate surface area is 124 Å². The number of fused-ring (bicyclic) bond motifs is 1. The molecule has 0 bridgehead atoms. The first-order valence-electron chi connectivity index (χ1n) is 7.17. The molecule has 1 aromatic heterocycles. The largest absolute Gasteiger partial charge is 0.324 e. The normalized spacial score (nSPS) is 17.7. The predicted molar refractivity (Wildman–Crippen MR) is 82.3 cm³/mol. The average molecular weight is 284 g/mol. The highest BCUT2D eigenvalue weighted by atomic mass is 16.2. The Bertz CT molecular complexity index is 704. The zero-order valence-electron chi connectivity index (χ0n) is 12.6. The molecule has 2 heterocycles. The van der Waals surface area contributed by atoms with Crippen molar-refractivity contribution in [1.82, 2.24) is 9.78 Å². The maximum Gasteiger partial charge on any atom is 0.262 e. The van der Waals surface area contributed by atoms with E-state index in [2.05, 4.69) is 5.10 Å². The van der Waals surface area contributed by atoms with Crippen molar-refractivity contribution < 1.29 is 4.79 Å². The molecule has 0 saturated carbocycles. The Morgan fingerprint density at radius 1 is 1.33 bits per heavy atom. The zero-order valence-corrected chi connectivity index (χ0v) is 12.6. The number of benzene rings is 1. The third-order valence-electron chi connectivity index (χ3n) is 4.26. The Morgan fingerprint density at radius 2 is 2.05 bits per heavy atom. The van der Waals surface area contributed by atoms with Crippen LogP contribution in [0.4, 0.5) is 5.69 Å². The number of carbonyl (C=O) groups is 1. The second-order valence-electron chi connectivity index (χ2n) is 5.58. The van der Waals surface area contributed by atoms with Gasteiger partial charge in [0.05, 0.1) is 11.3 Å². The van der Waals surface area contributed by atoms with Crippen LogP contribution in [-0.4, -0.2) is 22.2 Å². The minimum absolute atomic E-state index is 0.00124. The van der Waals surface area contributed by atoms with E-state index in [1.165, 1.54) is 0 Å². The van der Waals surface area contributed by atoms with Gasteiger partial charge in [-0.3, -0.25) is 9.48 Å². The molecule has 1 amide bonds. The topological polar surface area (TPSA) is 64.2 Å². The van der Waals surface area contributed by atoms with Gasteiger partial charge < -0.3 is 10.6 Å². The minimum atomic E-state index is 0.00124. The first kappa shape index (κ1) is 13.8. The fourth-order valence-electron chi connectivity index (χ4n) is 3.02. The quantitative estimate of drug-likeness (QED) is 0.872. The van der Waals surface area contributed by atoms with Gasteiger partial charge in [0.15, 0.2) is 0 Å².